The van der Waals surface area contributed by atoms with Gasteiger partial charge >= 0.3 is 0 Å². The Morgan fingerprint density at radius 1 is 1.12 bits per heavy atom. The number of hydrogen-bond acceptors (Lipinski definition) is 9. The Kier molecular flexibility index (Phi) is 8.79. The van der Waals surface area contributed by atoms with Crippen LogP contribution in [-0.2, 0) is 14.6 Å². The fraction of sp³-hybridized carbons (Fsp3) is 0.150. The molecule has 0 radical (unpaired) electrons. The zero-order chi connectivity index (χ0) is 24.2. The summed E-state index contributed by atoms with van der Waals surface area (Å²) in [4.78, 5) is 12.8. The molecule has 0 saturated carbocycles. The molecule has 5 N–H and O–H groups in total. The van der Waals surface area contributed by atoms with E-state index in [1.807, 2.05) is 4.72 Å². The van der Waals surface area contributed by atoms with Crippen LogP contribution >= 0.6 is 18.9 Å². The molecule has 0 amide bonds. The molecular weight excluding hydrogens is 508 g/mol. The van der Waals surface area contributed by atoms with Gasteiger partial charge in [-0.05, 0) is 48.0 Å². The van der Waals surface area contributed by atoms with Crippen molar-refractivity contribution in [1.29, 1.82) is 5.26 Å². The van der Waals surface area contributed by atoms with Crippen molar-refractivity contribution in [2.45, 2.75) is 4.21 Å². The second-order valence-corrected chi connectivity index (χ2v) is 11.2. The van der Waals surface area contributed by atoms with Gasteiger partial charge in [0.1, 0.15) is 21.8 Å². The van der Waals surface area contributed by atoms with Gasteiger partial charge in [0.05, 0.1) is 26.1 Å². The minimum absolute atomic E-state index is 0. The lowest BCUT2D eigenvalue weighted by atomic mass is 10.1. The van der Waals surface area contributed by atoms with Gasteiger partial charge in [-0.25, -0.2) is 17.5 Å². The summed E-state index contributed by atoms with van der Waals surface area (Å²) < 4.78 is 68.0. The number of thiophene rings is 1. The second kappa shape index (κ2) is 11.0. The normalized spacial score (nSPS) is 12.7. The molecule has 14 heteroatoms. The van der Waals surface area contributed by atoms with Crippen LogP contribution in [0.25, 0.3) is 10.4 Å². The maximum atomic E-state index is 13.6. The van der Waals surface area contributed by atoms with Crippen LogP contribution in [0, 0.1) is 17.1 Å². The molecule has 34 heavy (non-hydrogen) atoms. The third-order valence-electron chi connectivity index (χ3n) is 4.27. The summed E-state index contributed by atoms with van der Waals surface area (Å²) in [5, 5.41) is 8.71. The predicted molar refractivity (Wildman–Crippen MR) is 123 cm³/mol. The maximum absolute atomic E-state index is 13.6. The van der Waals surface area contributed by atoms with Crippen LogP contribution in [0.5, 0.6) is 17.2 Å². The van der Waals surface area contributed by atoms with Gasteiger partial charge in [-0.1, -0.05) is 0 Å². The molecule has 0 aliphatic rings. The fourth-order valence-corrected chi connectivity index (χ4v) is 6.50. The van der Waals surface area contributed by atoms with Crippen molar-refractivity contribution in [3.63, 3.8) is 0 Å². The van der Waals surface area contributed by atoms with E-state index in [2.05, 4.69) is 0 Å². The lowest BCUT2D eigenvalue weighted by molar-refractivity contribution is -0.191. The molecule has 10 nitrogen and oxygen atoms in total. The SMILES string of the molecule is COc1ccc(-c2ccc(S(=O)(=O)NCP(=O)([O-])Oc3ccc(C#N)c(F)c3)s2)cc1OC.[NH4+]. The van der Waals surface area contributed by atoms with Crippen LogP contribution in [0.2, 0.25) is 0 Å². The molecule has 0 fully saturated rings. The van der Waals surface area contributed by atoms with Gasteiger partial charge in [0.25, 0.3) is 10.0 Å². The van der Waals surface area contributed by atoms with Gasteiger partial charge in [0.15, 0.2) is 19.1 Å². The molecule has 1 atom stereocenters. The average Bonchev–Trinajstić information content (AvgIpc) is 3.29. The summed E-state index contributed by atoms with van der Waals surface area (Å²) in [7, 11) is -5.97. The largest absolute Gasteiger partial charge is 0.768 e. The van der Waals surface area contributed by atoms with Gasteiger partial charge in [-0.3, -0.25) is 4.57 Å². The molecule has 0 saturated heterocycles. The number of quaternary nitrogens is 1. The molecule has 1 aromatic heterocycles. The number of hydrogen-bond donors (Lipinski definition) is 2. The van der Waals surface area contributed by atoms with Crippen LogP contribution in [0.15, 0.2) is 52.7 Å². The zero-order valence-corrected chi connectivity index (χ0v) is 20.8. The number of nitriles is 1. The topological polar surface area (TPSA) is 174 Å². The Morgan fingerprint density at radius 3 is 2.44 bits per heavy atom. The Hall–Kier alpha value is -2.98. The van der Waals surface area contributed by atoms with Gasteiger partial charge in [-0.2, -0.15) is 5.26 Å². The van der Waals surface area contributed by atoms with E-state index in [-0.39, 0.29) is 21.7 Å². The van der Waals surface area contributed by atoms with Crippen molar-refractivity contribution in [2.75, 3.05) is 20.5 Å². The highest BCUT2D eigenvalue weighted by molar-refractivity contribution is 7.92. The van der Waals surface area contributed by atoms with Crippen molar-refractivity contribution in [1.82, 2.24) is 10.9 Å². The maximum Gasteiger partial charge on any atom is 0.250 e. The van der Waals surface area contributed by atoms with E-state index in [4.69, 9.17) is 19.3 Å². The molecular formula is C20H21FN3O7PS2. The first-order chi connectivity index (χ1) is 15.6. The highest BCUT2D eigenvalue weighted by Crippen LogP contribution is 2.39. The minimum atomic E-state index is -4.76. The molecule has 1 heterocycles. The van der Waals surface area contributed by atoms with Crippen molar-refractivity contribution in [3.8, 4) is 33.8 Å². The number of nitrogens with one attached hydrogen (secondary N) is 1. The molecule has 0 bridgehead atoms. The number of nitrogens with zero attached hydrogens (tertiary/aromatic N) is 1. The van der Waals surface area contributed by atoms with Crippen LogP contribution in [0.4, 0.5) is 4.39 Å². The number of ether oxygens (including phenoxy) is 2. The molecule has 3 rings (SSSR count). The summed E-state index contributed by atoms with van der Waals surface area (Å²) >= 11 is 0.927. The van der Waals surface area contributed by atoms with Gasteiger partial charge in [0.2, 0.25) is 0 Å². The van der Waals surface area contributed by atoms with E-state index < -0.39 is 29.7 Å². The van der Waals surface area contributed by atoms with Crippen molar-refractivity contribution >= 4 is 29.0 Å². The standard InChI is InChI=1S/C20H18FN2O7PS2.H3N/c1-28-17-6-4-13(9-18(17)29-2)19-7-8-20(32-19)33(26,27)23-12-31(24,25)30-15-5-3-14(11-22)16(21)10-15;/h3-10,23H,12H2,1-2H3,(H,24,25);1H3. The molecule has 0 spiro atoms. The highest BCUT2D eigenvalue weighted by atomic mass is 32.2. The van der Waals surface area contributed by atoms with E-state index in [1.54, 1.807) is 30.3 Å². The van der Waals surface area contributed by atoms with Crippen LogP contribution in [-0.4, -0.2) is 28.9 Å². The van der Waals surface area contributed by atoms with E-state index >= 15 is 0 Å². The van der Waals surface area contributed by atoms with E-state index in [9.17, 15) is 22.3 Å². The Labute approximate surface area is 199 Å². The molecule has 1 unspecified atom stereocenters. The smallest absolute Gasteiger partial charge is 0.250 e. The monoisotopic (exact) mass is 529 g/mol. The quantitative estimate of drug-likeness (QED) is 0.395. The fourth-order valence-electron chi connectivity index (χ4n) is 2.68. The second-order valence-electron chi connectivity index (χ2n) is 6.45. The van der Waals surface area contributed by atoms with E-state index in [0.717, 1.165) is 29.5 Å². The lowest BCUT2D eigenvalue weighted by Crippen LogP contribution is -2.28. The van der Waals surface area contributed by atoms with Crippen LogP contribution < -0.4 is 29.8 Å². The Bertz CT molecular complexity index is 1370. The van der Waals surface area contributed by atoms with Crippen molar-refractivity contribution in [2.24, 2.45) is 0 Å². The Morgan fingerprint density at radius 2 is 1.82 bits per heavy atom. The van der Waals surface area contributed by atoms with Gasteiger partial charge < -0.3 is 25.0 Å². The lowest BCUT2D eigenvalue weighted by Gasteiger charge is -2.24. The van der Waals surface area contributed by atoms with Crippen LogP contribution in [0.1, 0.15) is 5.56 Å². The summed E-state index contributed by atoms with van der Waals surface area (Å²) in [5.41, 5.74) is 0.395. The van der Waals surface area contributed by atoms with Crippen molar-refractivity contribution < 1.29 is 36.3 Å². The minimum Gasteiger partial charge on any atom is -0.768 e. The molecule has 0 aliphatic heterocycles. The highest BCUT2D eigenvalue weighted by Gasteiger charge is 2.21. The third kappa shape index (κ3) is 6.32. The number of sulfonamides is 1. The molecule has 2 aromatic carbocycles. The van der Waals surface area contributed by atoms with E-state index in [1.165, 1.54) is 20.3 Å². The average molecular weight is 530 g/mol. The van der Waals surface area contributed by atoms with Gasteiger partial charge in [0, 0.05) is 10.9 Å². The summed E-state index contributed by atoms with van der Waals surface area (Å²) in [6.07, 6.45) is -1.06. The Balaban J connectivity index is 0.00000408. The number of benzene rings is 2. The van der Waals surface area contributed by atoms with E-state index in [0.29, 0.717) is 21.9 Å². The number of methoxy groups -OCH3 is 2. The summed E-state index contributed by atoms with van der Waals surface area (Å²) in [6.45, 7) is 0. The third-order valence-corrected chi connectivity index (χ3v) is 8.54. The molecule has 182 valence electrons. The van der Waals surface area contributed by atoms with Crippen LogP contribution in [0.3, 0.4) is 0 Å². The first kappa shape index (κ1) is 27.3. The molecule has 0 aliphatic carbocycles. The number of halogens is 1. The number of rotatable bonds is 9. The first-order valence-electron chi connectivity index (χ1n) is 9.10. The van der Waals surface area contributed by atoms with Crippen molar-refractivity contribution in [3.05, 3.63) is 59.9 Å². The molecule has 3 aromatic rings. The van der Waals surface area contributed by atoms with Gasteiger partial charge in [-0.15, -0.1) is 11.3 Å². The predicted octanol–water partition coefficient (Wildman–Crippen LogP) is 3.69. The first-order valence-corrected chi connectivity index (χ1v) is 13.1. The zero-order valence-electron chi connectivity index (χ0n) is 18.3. The summed E-state index contributed by atoms with van der Waals surface area (Å²) in [5.74, 6) is -0.358. The summed E-state index contributed by atoms with van der Waals surface area (Å²) in [6, 6.07) is 12.5.